The van der Waals surface area contributed by atoms with Crippen LogP contribution >= 0.6 is 0 Å². The molecule has 0 spiro atoms. The van der Waals surface area contributed by atoms with Gasteiger partial charge in [0.25, 0.3) is 5.91 Å². The van der Waals surface area contributed by atoms with Gasteiger partial charge in [-0.1, -0.05) is 0 Å². The molecule has 1 amide bonds. The summed E-state index contributed by atoms with van der Waals surface area (Å²) in [5, 5.41) is 5.54. The number of aromatic amines is 2. The Kier molecular flexibility index (Phi) is 6.62. The maximum atomic E-state index is 12.6. The highest BCUT2D eigenvalue weighted by Gasteiger charge is 2.19. The van der Waals surface area contributed by atoms with Crippen LogP contribution in [0.5, 0.6) is 0 Å². The van der Waals surface area contributed by atoms with Gasteiger partial charge in [-0.3, -0.25) is 29.8 Å². The number of aromatic nitrogens is 3. The van der Waals surface area contributed by atoms with Crippen LogP contribution in [0.4, 0.5) is 11.4 Å². The van der Waals surface area contributed by atoms with Crippen molar-refractivity contribution in [2.75, 3.05) is 16.6 Å². The fraction of sp³-hybridized carbons (Fsp3) is 0.0909. The number of rotatable bonds is 7. The zero-order valence-corrected chi connectivity index (χ0v) is 18.7. The van der Waals surface area contributed by atoms with Crippen LogP contribution in [-0.4, -0.2) is 27.4 Å². The van der Waals surface area contributed by atoms with Crippen molar-refractivity contribution in [2.24, 2.45) is 11.6 Å². The summed E-state index contributed by atoms with van der Waals surface area (Å²) < 4.78 is 0. The maximum Gasteiger partial charge on any atom is 0.251 e. The Balaban J connectivity index is 1.71. The second-order valence-corrected chi connectivity index (χ2v) is 7.45. The molecule has 0 unspecified atom stereocenters. The zero-order chi connectivity index (χ0) is 24.9. The highest BCUT2D eigenvalue weighted by atomic mass is 16.1. The largest absolute Gasteiger partial charge is 0.396 e. The molecule has 1 aliphatic heterocycles. The van der Waals surface area contributed by atoms with Crippen molar-refractivity contribution in [3.63, 3.8) is 0 Å². The number of hydrogen-bond acceptors (Lipinski definition) is 10. The Hall–Kier alpha value is -4.88. The van der Waals surface area contributed by atoms with Gasteiger partial charge in [-0.25, -0.2) is 10.8 Å². The van der Waals surface area contributed by atoms with Crippen LogP contribution in [0.3, 0.4) is 0 Å². The molecule has 9 N–H and O–H groups in total. The SMILES string of the molecule is CCNC(=O)c1cc(C2=CN(c3cc[nH]c(=O)c3)NN2)nc(/C(N)=C/N(N)c2cc[nH]c(=O)c2)c1. The third-order valence-corrected chi connectivity index (χ3v) is 4.94. The number of amides is 1. The Morgan fingerprint density at radius 2 is 1.89 bits per heavy atom. The minimum atomic E-state index is -0.319. The molecule has 3 aromatic rings. The molecule has 0 atom stereocenters. The third-order valence-electron chi connectivity index (χ3n) is 4.94. The van der Waals surface area contributed by atoms with E-state index in [1.165, 1.54) is 35.7 Å². The van der Waals surface area contributed by atoms with E-state index in [4.69, 9.17) is 11.6 Å². The van der Waals surface area contributed by atoms with Crippen molar-refractivity contribution in [3.05, 3.63) is 98.9 Å². The number of anilines is 2. The number of nitrogens with zero attached hydrogens (tertiary/aromatic N) is 3. The van der Waals surface area contributed by atoms with E-state index in [0.717, 1.165) is 0 Å². The minimum Gasteiger partial charge on any atom is -0.396 e. The summed E-state index contributed by atoms with van der Waals surface area (Å²) in [6, 6.07) is 9.21. The molecule has 0 aromatic carbocycles. The van der Waals surface area contributed by atoms with Gasteiger partial charge in [-0.15, -0.1) is 5.53 Å². The van der Waals surface area contributed by atoms with Gasteiger partial charge in [0.1, 0.15) is 0 Å². The average Bonchev–Trinajstić information content (AvgIpc) is 3.34. The zero-order valence-electron chi connectivity index (χ0n) is 18.7. The molecule has 4 heterocycles. The van der Waals surface area contributed by atoms with Gasteiger partial charge in [-0.05, 0) is 31.2 Å². The lowest BCUT2D eigenvalue weighted by Gasteiger charge is -2.15. The predicted octanol–water partition coefficient (Wildman–Crippen LogP) is -0.327. The lowest BCUT2D eigenvalue weighted by molar-refractivity contribution is 0.0955. The molecule has 0 fully saturated rings. The van der Waals surface area contributed by atoms with Gasteiger partial charge < -0.3 is 21.0 Å². The Bertz CT molecular complexity index is 1420. The number of nitrogens with one attached hydrogen (secondary N) is 5. The highest BCUT2D eigenvalue weighted by Crippen LogP contribution is 2.21. The van der Waals surface area contributed by atoms with E-state index in [0.29, 0.717) is 40.6 Å². The number of carbonyl (C=O) groups excluding carboxylic acids is 1. The number of carbonyl (C=O) groups is 1. The molecule has 180 valence electrons. The second kappa shape index (κ2) is 9.94. The molecule has 0 saturated heterocycles. The van der Waals surface area contributed by atoms with Crippen LogP contribution in [0.15, 0.2) is 70.8 Å². The van der Waals surface area contributed by atoms with Crippen molar-refractivity contribution in [1.82, 2.24) is 31.2 Å². The Morgan fingerprint density at radius 1 is 1.14 bits per heavy atom. The fourth-order valence-corrected chi connectivity index (χ4v) is 3.26. The first-order valence-corrected chi connectivity index (χ1v) is 10.6. The lowest BCUT2D eigenvalue weighted by atomic mass is 10.1. The van der Waals surface area contributed by atoms with Crippen LogP contribution in [0.2, 0.25) is 0 Å². The van der Waals surface area contributed by atoms with Crippen LogP contribution in [0.1, 0.15) is 28.7 Å². The van der Waals surface area contributed by atoms with Gasteiger partial charge in [0.2, 0.25) is 11.1 Å². The number of H-pyrrole nitrogens is 2. The molecule has 13 nitrogen and oxygen atoms in total. The molecule has 35 heavy (non-hydrogen) atoms. The molecule has 13 heteroatoms. The van der Waals surface area contributed by atoms with Crippen molar-refractivity contribution >= 4 is 28.7 Å². The molecule has 4 rings (SSSR count). The first-order chi connectivity index (χ1) is 16.8. The summed E-state index contributed by atoms with van der Waals surface area (Å²) in [4.78, 5) is 45.5. The summed E-state index contributed by atoms with van der Waals surface area (Å²) in [5.74, 6) is 5.75. The van der Waals surface area contributed by atoms with E-state index >= 15 is 0 Å². The van der Waals surface area contributed by atoms with Crippen LogP contribution in [0.25, 0.3) is 11.4 Å². The van der Waals surface area contributed by atoms with Crippen LogP contribution in [-0.2, 0) is 0 Å². The highest BCUT2D eigenvalue weighted by molar-refractivity contribution is 5.95. The van der Waals surface area contributed by atoms with E-state index in [2.05, 4.69) is 31.2 Å². The van der Waals surface area contributed by atoms with E-state index in [-0.39, 0.29) is 22.7 Å². The number of nitrogens with two attached hydrogens (primary N) is 2. The van der Waals surface area contributed by atoms with Gasteiger partial charge in [0.05, 0.1) is 40.4 Å². The Morgan fingerprint density at radius 3 is 2.60 bits per heavy atom. The molecule has 0 radical (unpaired) electrons. The fourth-order valence-electron chi connectivity index (χ4n) is 3.26. The van der Waals surface area contributed by atoms with E-state index in [9.17, 15) is 14.4 Å². The predicted molar refractivity (Wildman–Crippen MR) is 132 cm³/mol. The van der Waals surface area contributed by atoms with E-state index < -0.39 is 0 Å². The van der Waals surface area contributed by atoms with E-state index in [1.807, 2.05) is 6.92 Å². The monoisotopic (exact) mass is 476 g/mol. The second-order valence-electron chi connectivity index (χ2n) is 7.45. The normalized spacial score (nSPS) is 13.3. The molecule has 0 aliphatic carbocycles. The minimum absolute atomic E-state index is 0.165. The summed E-state index contributed by atoms with van der Waals surface area (Å²) in [6.07, 6.45) is 6.08. The van der Waals surface area contributed by atoms with Gasteiger partial charge in [0.15, 0.2) is 0 Å². The topological polar surface area (TPSA) is 190 Å². The molecule has 0 saturated carbocycles. The quantitative estimate of drug-likeness (QED) is 0.176. The van der Waals surface area contributed by atoms with Crippen LogP contribution < -0.4 is 49.0 Å². The molecule has 0 bridgehead atoms. The molecular formula is C22H24N10O3. The number of pyridine rings is 3. The standard InChI is InChI=1S/C22H24N10O3/c1-2-25-22(35)13-7-17(16(23)11-31(24)14-3-5-26-20(33)9-14)28-18(8-13)19-12-32(30-29-19)15-4-6-27-21(34)10-15/h3-12,29-30H,2,23-24H2,1H3,(H,25,35)(H,26,33)(H,27,34)/b16-11-. The van der Waals surface area contributed by atoms with Crippen LogP contribution in [0, 0.1) is 0 Å². The Labute approximate surface area is 199 Å². The first kappa shape index (κ1) is 23.3. The summed E-state index contributed by atoms with van der Waals surface area (Å²) in [7, 11) is 0. The lowest BCUT2D eigenvalue weighted by Crippen LogP contribution is -2.36. The summed E-state index contributed by atoms with van der Waals surface area (Å²) in [6.45, 7) is 2.25. The van der Waals surface area contributed by atoms with Gasteiger partial charge >= 0.3 is 0 Å². The maximum absolute atomic E-state index is 12.6. The van der Waals surface area contributed by atoms with Gasteiger partial charge in [-0.2, -0.15) is 0 Å². The number of hydrogen-bond donors (Lipinski definition) is 7. The summed E-state index contributed by atoms with van der Waals surface area (Å²) >= 11 is 0. The van der Waals surface area contributed by atoms with Crippen molar-refractivity contribution < 1.29 is 4.79 Å². The molecule has 3 aromatic heterocycles. The van der Waals surface area contributed by atoms with E-state index in [1.54, 1.807) is 35.5 Å². The number of hydrazine groups is 3. The van der Waals surface area contributed by atoms with Crippen molar-refractivity contribution in [2.45, 2.75) is 6.92 Å². The first-order valence-electron chi connectivity index (χ1n) is 10.6. The third kappa shape index (κ3) is 5.38. The van der Waals surface area contributed by atoms with Crippen molar-refractivity contribution in [1.29, 1.82) is 0 Å². The molecular weight excluding hydrogens is 452 g/mol. The molecule has 1 aliphatic rings. The average molecular weight is 477 g/mol. The smallest absolute Gasteiger partial charge is 0.251 e. The summed E-state index contributed by atoms with van der Waals surface area (Å²) in [5.41, 5.74) is 14.3. The van der Waals surface area contributed by atoms with Gasteiger partial charge in [0, 0.05) is 42.8 Å². The van der Waals surface area contributed by atoms with Crippen molar-refractivity contribution in [3.8, 4) is 0 Å².